The highest BCUT2D eigenvalue weighted by atomic mass is 19.4. The number of piperidine rings is 1. The molecule has 5 heteroatoms. The molecule has 1 aromatic rings. The molecule has 0 spiro atoms. The van der Waals surface area contributed by atoms with Crippen LogP contribution >= 0.6 is 0 Å². The molecule has 0 amide bonds. The smallest absolute Gasteiger partial charge is 0.391 e. The van der Waals surface area contributed by atoms with Gasteiger partial charge in [0.15, 0.2) is 0 Å². The van der Waals surface area contributed by atoms with E-state index < -0.39 is 23.3 Å². The Morgan fingerprint density at radius 1 is 1.39 bits per heavy atom. The molecule has 1 heterocycles. The molecule has 2 nitrogen and oxygen atoms in total. The Balaban J connectivity index is 2.38. The monoisotopic (exact) mass is 259 g/mol. The van der Waals surface area contributed by atoms with Gasteiger partial charge in [-0.3, -0.25) is 0 Å². The van der Waals surface area contributed by atoms with Gasteiger partial charge in [0.05, 0.1) is 11.7 Å². The highest BCUT2D eigenvalue weighted by Crippen LogP contribution is 2.36. The number of nitrogens with one attached hydrogen (secondary N) is 1. The van der Waals surface area contributed by atoms with Crippen LogP contribution in [0, 0.1) is 0 Å². The van der Waals surface area contributed by atoms with Crippen LogP contribution in [0.2, 0.25) is 0 Å². The lowest BCUT2D eigenvalue weighted by Gasteiger charge is -2.39. The first-order chi connectivity index (χ1) is 8.34. The van der Waals surface area contributed by atoms with Gasteiger partial charge < -0.3 is 10.4 Å². The largest absolute Gasteiger partial charge is 0.416 e. The second-order valence-corrected chi connectivity index (χ2v) is 4.97. The number of rotatable bonds is 1. The molecule has 0 aromatic heterocycles. The van der Waals surface area contributed by atoms with Crippen LogP contribution in [-0.4, -0.2) is 24.3 Å². The van der Waals surface area contributed by atoms with Gasteiger partial charge in [-0.15, -0.1) is 0 Å². The average molecular weight is 259 g/mol. The third-order valence-corrected chi connectivity index (χ3v) is 3.74. The minimum atomic E-state index is -4.34. The Kier molecular flexibility index (Phi) is 3.38. The van der Waals surface area contributed by atoms with Crippen molar-refractivity contribution >= 4 is 0 Å². The zero-order chi connectivity index (χ0) is 13.4. The number of halogens is 3. The Bertz CT molecular complexity index is 432. The maximum atomic E-state index is 12.7. The first-order valence-electron chi connectivity index (χ1n) is 5.90. The molecule has 2 unspecified atom stereocenters. The Labute approximate surface area is 104 Å². The quantitative estimate of drug-likeness (QED) is 0.811. The average Bonchev–Trinajstić information content (AvgIpc) is 2.32. The number of hydrogen-bond acceptors (Lipinski definition) is 2. The molecule has 1 aliphatic rings. The van der Waals surface area contributed by atoms with E-state index in [-0.39, 0.29) is 0 Å². The molecule has 1 saturated heterocycles. The van der Waals surface area contributed by atoms with Crippen molar-refractivity contribution in [2.45, 2.75) is 31.0 Å². The maximum absolute atomic E-state index is 12.7. The van der Waals surface area contributed by atoms with Crippen LogP contribution in [0.25, 0.3) is 0 Å². The van der Waals surface area contributed by atoms with E-state index in [2.05, 4.69) is 5.32 Å². The van der Waals surface area contributed by atoms with E-state index in [1.54, 1.807) is 6.07 Å². The van der Waals surface area contributed by atoms with Crippen molar-refractivity contribution in [1.82, 2.24) is 5.32 Å². The van der Waals surface area contributed by atoms with Crippen LogP contribution in [-0.2, 0) is 11.6 Å². The number of benzene rings is 1. The lowest BCUT2D eigenvalue weighted by molar-refractivity contribution is -0.137. The lowest BCUT2D eigenvalue weighted by Crippen LogP contribution is -2.50. The van der Waals surface area contributed by atoms with Crippen molar-refractivity contribution in [2.24, 2.45) is 0 Å². The summed E-state index contributed by atoms with van der Waals surface area (Å²) in [6, 6.07) is 5.26. The molecule has 2 atom stereocenters. The van der Waals surface area contributed by atoms with Gasteiger partial charge in [0, 0.05) is 12.0 Å². The highest BCUT2D eigenvalue weighted by Gasteiger charge is 2.38. The molecule has 100 valence electrons. The highest BCUT2D eigenvalue weighted by molar-refractivity contribution is 5.33. The summed E-state index contributed by atoms with van der Waals surface area (Å²) in [6.45, 7) is 2.92. The summed E-state index contributed by atoms with van der Waals surface area (Å²) >= 11 is 0. The van der Waals surface area contributed by atoms with E-state index in [4.69, 9.17) is 0 Å². The molecule has 0 bridgehead atoms. The van der Waals surface area contributed by atoms with Gasteiger partial charge in [-0.05, 0) is 24.6 Å². The van der Waals surface area contributed by atoms with Crippen LogP contribution < -0.4 is 5.32 Å². The Hall–Kier alpha value is -1.07. The van der Waals surface area contributed by atoms with Crippen molar-refractivity contribution in [2.75, 3.05) is 13.1 Å². The summed E-state index contributed by atoms with van der Waals surface area (Å²) in [4.78, 5) is 0. The van der Waals surface area contributed by atoms with Gasteiger partial charge in [0.25, 0.3) is 0 Å². The van der Waals surface area contributed by atoms with Gasteiger partial charge in [-0.25, -0.2) is 0 Å². The summed E-state index contributed by atoms with van der Waals surface area (Å²) < 4.78 is 38.0. The first kappa shape index (κ1) is 13.4. The number of hydrogen-bond donors (Lipinski definition) is 2. The van der Waals surface area contributed by atoms with Gasteiger partial charge in [0.1, 0.15) is 0 Å². The molecule has 1 aliphatic heterocycles. The van der Waals surface area contributed by atoms with Gasteiger partial charge in [-0.1, -0.05) is 25.1 Å². The van der Waals surface area contributed by atoms with E-state index in [9.17, 15) is 18.3 Å². The predicted molar refractivity (Wildman–Crippen MR) is 62.3 cm³/mol. The second kappa shape index (κ2) is 4.55. The molecule has 18 heavy (non-hydrogen) atoms. The van der Waals surface area contributed by atoms with Crippen LogP contribution in [0.4, 0.5) is 13.2 Å². The fourth-order valence-electron chi connectivity index (χ4n) is 2.37. The number of alkyl halides is 3. The normalized spacial score (nSPS) is 29.3. The minimum Gasteiger partial charge on any atom is -0.391 e. The van der Waals surface area contributed by atoms with Crippen molar-refractivity contribution < 1.29 is 18.3 Å². The second-order valence-electron chi connectivity index (χ2n) is 4.97. The molecule has 0 radical (unpaired) electrons. The minimum absolute atomic E-state index is 0.409. The predicted octanol–water partition coefficient (Wildman–Crippen LogP) is 2.32. The van der Waals surface area contributed by atoms with Gasteiger partial charge in [0.2, 0.25) is 0 Å². The molecule has 0 saturated carbocycles. The molecule has 1 fully saturated rings. The van der Waals surface area contributed by atoms with Gasteiger partial charge in [-0.2, -0.15) is 13.2 Å². The van der Waals surface area contributed by atoms with Crippen LogP contribution in [0.3, 0.4) is 0 Å². The number of β-amino-alcohol motifs (C(OH)–C–C–N with tert-alkyl or cyclic N) is 1. The summed E-state index contributed by atoms with van der Waals surface area (Å²) in [6.07, 6.45) is -4.39. The zero-order valence-corrected chi connectivity index (χ0v) is 10.1. The van der Waals surface area contributed by atoms with Crippen LogP contribution in [0.5, 0.6) is 0 Å². The zero-order valence-electron chi connectivity index (χ0n) is 10.1. The van der Waals surface area contributed by atoms with Crippen molar-refractivity contribution in [3.8, 4) is 0 Å². The maximum Gasteiger partial charge on any atom is 0.416 e. The molecule has 2 N–H and O–H groups in total. The van der Waals surface area contributed by atoms with E-state index in [1.165, 1.54) is 6.07 Å². The van der Waals surface area contributed by atoms with Crippen molar-refractivity contribution in [1.29, 1.82) is 0 Å². The summed E-state index contributed by atoms with van der Waals surface area (Å²) in [5.41, 5.74) is -0.731. The van der Waals surface area contributed by atoms with Crippen LogP contribution in [0.1, 0.15) is 24.5 Å². The Morgan fingerprint density at radius 2 is 2.11 bits per heavy atom. The fourth-order valence-corrected chi connectivity index (χ4v) is 2.37. The molecule has 1 aromatic carbocycles. The van der Waals surface area contributed by atoms with E-state index in [0.29, 0.717) is 25.1 Å². The van der Waals surface area contributed by atoms with Crippen molar-refractivity contribution in [3.05, 3.63) is 35.4 Å². The SMILES string of the molecule is CC1(c2cccc(C(F)(F)F)c2)CCNCC1O. The summed E-state index contributed by atoms with van der Waals surface area (Å²) in [5, 5.41) is 13.1. The first-order valence-corrected chi connectivity index (χ1v) is 5.90. The van der Waals surface area contributed by atoms with E-state index in [1.807, 2.05) is 6.92 Å². The third-order valence-electron chi connectivity index (χ3n) is 3.74. The lowest BCUT2D eigenvalue weighted by atomic mass is 9.72. The van der Waals surface area contributed by atoms with E-state index in [0.717, 1.165) is 12.1 Å². The third kappa shape index (κ3) is 2.37. The summed E-state index contributed by atoms with van der Waals surface area (Å²) in [5.74, 6) is 0. The Morgan fingerprint density at radius 3 is 2.72 bits per heavy atom. The standard InChI is InChI=1S/C13H16F3NO/c1-12(5-6-17-8-11(12)18)9-3-2-4-10(7-9)13(14,15)16/h2-4,7,11,17-18H,5-6,8H2,1H3. The topological polar surface area (TPSA) is 32.3 Å². The van der Waals surface area contributed by atoms with Crippen LogP contribution in [0.15, 0.2) is 24.3 Å². The summed E-state index contributed by atoms with van der Waals surface area (Å²) in [7, 11) is 0. The number of aliphatic hydroxyl groups excluding tert-OH is 1. The van der Waals surface area contributed by atoms with Gasteiger partial charge >= 0.3 is 6.18 Å². The molecule has 2 rings (SSSR count). The van der Waals surface area contributed by atoms with E-state index >= 15 is 0 Å². The molecular weight excluding hydrogens is 243 g/mol. The molecular formula is C13H16F3NO. The molecule has 0 aliphatic carbocycles. The fraction of sp³-hybridized carbons (Fsp3) is 0.538. The van der Waals surface area contributed by atoms with Crippen molar-refractivity contribution in [3.63, 3.8) is 0 Å². The number of aliphatic hydroxyl groups is 1.